The quantitative estimate of drug-likeness (QED) is 0.385. The molecule has 2 heterocycles. The van der Waals surface area contributed by atoms with E-state index in [2.05, 4.69) is 45.1 Å². The Morgan fingerprint density at radius 1 is 0.920 bits per heavy atom. The molecule has 0 aliphatic rings. The van der Waals surface area contributed by atoms with Crippen molar-refractivity contribution in [3.63, 3.8) is 0 Å². The Balaban J connectivity index is 0.00000182. The molecule has 0 unspecified atom stereocenters. The van der Waals surface area contributed by atoms with Gasteiger partial charge in [-0.25, -0.2) is 0 Å². The molecule has 0 amide bonds. The molecular formula is C20H13N4Y-. The molecule has 0 N–H and O–H groups in total. The van der Waals surface area contributed by atoms with Crippen molar-refractivity contribution in [2.45, 2.75) is 6.54 Å². The zero-order chi connectivity index (χ0) is 16.2. The Morgan fingerprint density at radius 2 is 1.64 bits per heavy atom. The predicted molar refractivity (Wildman–Crippen MR) is 92.1 cm³/mol. The minimum atomic E-state index is 0. The third-order valence-electron chi connectivity index (χ3n) is 3.58. The first-order chi connectivity index (χ1) is 11.9. The number of hydrogen-bond donors (Lipinski definition) is 0. The second-order valence-corrected chi connectivity index (χ2v) is 5.31. The second-order valence-electron chi connectivity index (χ2n) is 5.31. The van der Waals surface area contributed by atoms with Crippen LogP contribution in [0.2, 0.25) is 0 Å². The van der Waals surface area contributed by atoms with E-state index >= 15 is 0 Å². The molecule has 25 heavy (non-hydrogen) atoms. The van der Waals surface area contributed by atoms with Crippen molar-refractivity contribution >= 4 is 11.2 Å². The zero-order valence-corrected chi connectivity index (χ0v) is 16.3. The molecule has 0 spiro atoms. The maximum Gasteiger partial charge on any atom is 0.0911 e. The van der Waals surface area contributed by atoms with E-state index in [9.17, 15) is 0 Å². The molecule has 2 aromatic carbocycles. The van der Waals surface area contributed by atoms with Crippen molar-refractivity contribution in [1.82, 2.24) is 19.5 Å². The molecule has 0 aliphatic heterocycles. The Bertz CT molecular complexity index is 1030. The van der Waals surface area contributed by atoms with Gasteiger partial charge in [0, 0.05) is 56.0 Å². The summed E-state index contributed by atoms with van der Waals surface area (Å²) in [6.45, 7) is 0.702. The van der Waals surface area contributed by atoms with E-state index in [0.29, 0.717) is 17.9 Å². The number of nitrogens with zero attached hydrogens (tertiary/aromatic N) is 4. The first-order valence-corrected chi connectivity index (χ1v) is 7.60. The zero-order valence-electron chi connectivity index (χ0n) is 13.4. The van der Waals surface area contributed by atoms with Gasteiger partial charge in [0.2, 0.25) is 0 Å². The summed E-state index contributed by atoms with van der Waals surface area (Å²) in [5, 5.41) is 0. The van der Waals surface area contributed by atoms with Gasteiger partial charge < -0.3 is 14.5 Å². The van der Waals surface area contributed by atoms with Crippen LogP contribution in [0.3, 0.4) is 0 Å². The molecule has 2 aromatic heterocycles. The first kappa shape index (κ1) is 17.5. The molecule has 0 saturated heterocycles. The largest absolute Gasteiger partial charge is 0.365 e. The van der Waals surface area contributed by atoms with Crippen LogP contribution >= 0.6 is 0 Å². The van der Waals surface area contributed by atoms with Crippen molar-refractivity contribution in [2.75, 3.05) is 0 Å². The Morgan fingerprint density at radius 3 is 2.40 bits per heavy atom. The maximum absolute atomic E-state index is 4.53. The monoisotopic (exact) mass is 398 g/mol. The van der Waals surface area contributed by atoms with Gasteiger partial charge in [0.15, 0.2) is 0 Å². The van der Waals surface area contributed by atoms with Crippen molar-refractivity contribution < 1.29 is 32.7 Å². The van der Waals surface area contributed by atoms with Gasteiger partial charge in [-0.3, -0.25) is 4.98 Å². The topological polar surface area (TPSA) is 43.6 Å². The number of benzene rings is 2. The smallest absolute Gasteiger partial charge is 0.0911 e. The average molecular weight is 398 g/mol. The first-order valence-electron chi connectivity index (χ1n) is 7.60. The Hall–Kier alpha value is -2.35. The SMILES string of the molecule is C(#Cc1n[c-]c2ncn(Cc3ccccc3)c2n1)c1ccccc1.[Y]. The number of aromatic nitrogens is 4. The minimum Gasteiger partial charge on any atom is -0.365 e. The van der Waals surface area contributed by atoms with Crippen LogP contribution in [0, 0.1) is 18.0 Å². The van der Waals surface area contributed by atoms with Crippen LogP contribution in [-0.2, 0) is 39.3 Å². The summed E-state index contributed by atoms with van der Waals surface area (Å²) in [6, 6.07) is 20.0. The van der Waals surface area contributed by atoms with E-state index in [-0.39, 0.29) is 32.7 Å². The fourth-order valence-corrected chi connectivity index (χ4v) is 2.40. The fourth-order valence-electron chi connectivity index (χ4n) is 2.40. The molecule has 0 atom stereocenters. The molecule has 4 nitrogen and oxygen atoms in total. The van der Waals surface area contributed by atoms with Crippen molar-refractivity contribution in [3.05, 3.63) is 90.1 Å². The third kappa shape index (κ3) is 4.19. The van der Waals surface area contributed by atoms with E-state index in [0.717, 1.165) is 11.2 Å². The normalized spacial score (nSPS) is 9.92. The second kappa shape index (κ2) is 8.16. The molecule has 0 fully saturated rings. The van der Waals surface area contributed by atoms with E-state index in [4.69, 9.17) is 0 Å². The molecule has 0 saturated carbocycles. The van der Waals surface area contributed by atoms with Crippen LogP contribution in [0.25, 0.3) is 11.2 Å². The molecule has 0 bridgehead atoms. The van der Waals surface area contributed by atoms with Gasteiger partial charge >= 0.3 is 0 Å². The van der Waals surface area contributed by atoms with Crippen LogP contribution in [0.5, 0.6) is 0 Å². The maximum atomic E-state index is 4.53. The Kier molecular flexibility index (Phi) is 5.70. The number of fused-ring (bicyclic) bond motifs is 1. The Labute approximate surface area is 171 Å². The summed E-state index contributed by atoms with van der Waals surface area (Å²) in [5.74, 6) is 6.50. The minimum absolute atomic E-state index is 0. The number of rotatable bonds is 2. The van der Waals surface area contributed by atoms with Gasteiger partial charge in [0.05, 0.1) is 12.2 Å². The van der Waals surface area contributed by atoms with Crippen molar-refractivity contribution in [2.24, 2.45) is 0 Å². The summed E-state index contributed by atoms with van der Waals surface area (Å²) < 4.78 is 1.98. The van der Waals surface area contributed by atoms with Gasteiger partial charge in [-0.2, -0.15) is 0 Å². The van der Waals surface area contributed by atoms with Gasteiger partial charge in [-0.1, -0.05) is 60.4 Å². The van der Waals surface area contributed by atoms with Crippen molar-refractivity contribution in [1.29, 1.82) is 0 Å². The van der Waals surface area contributed by atoms with E-state index < -0.39 is 0 Å². The van der Waals surface area contributed by atoms with E-state index in [1.54, 1.807) is 6.33 Å². The summed E-state index contributed by atoms with van der Waals surface area (Å²) in [6.07, 6.45) is 4.68. The van der Waals surface area contributed by atoms with E-state index in [1.165, 1.54) is 5.56 Å². The molecule has 5 heteroatoms. The molecule has 117 valence electrons. The summed E-state index contributed by atoms with van der Waals surface area (Å²) in [4.78, 5) is 13.0. The standard InChI is InChI=1S/C20H13N4.Y/c1-3-7-16(8-4-1)11-12-19-21-13-18-20(23-19)24(15-22-18)14-17-9-5-2-6-10-17;/h1-10,15H,14H2;/q-1;. The van der Waals surface area contributed by atoms with Crippen LogP contribution in [-0.4, -0.2) is 19.5 Å². The summed E-state index contributed by atoms with van der Waals surface area (Å²) >= 11 is 0. The van der Waals surface area contributed by atoms with Gasteiger partial charge in [-0.15, -0.1) is 0 Å². The molecule has 0 aliphatic carbocycles. The van der Waals surface area contributed by atoms with Gasteiger partial charge in [-0.05, 0) is 23.9 Å². The van der Waals surface area contributed by atoms with Crippen LogP contribution < -0.4 is 0 Å². The van der Waals surface area contributed by atoms with Gasteiger partial charge in [0.1, 0.15) is 0 Å². The van der Waals surface area contributed by atoms with Crippen LogP contribution in [0.4, 0.5) is 0 Å². The number of hydrogen-bond acceptors (Lipinski definition) is 3. The summed E-state index contributed by atoms with van der Waals surface area (Å²) in [5.41, 5.74) is 3.51. The van der Waals surface area contributed by atoms with Crippen LogP contribution in [0.15, 0.2) is 67.0 Å². The molecule has 4 aromatic rings. The van der Waals surface area contributed by atoms with Crippen molar-refractivity contribution in [3.8, 4) is 11.8 Å². The molecule has 1 radical (unpaired) electrons. The van der Waals surface area contributed by atoms with Crippen LogP contribution in [0.1, 0.15) is 17.0 Å². The number of imidazole rings is 1. The van der Waals surface area contributed by atoms with Gasteiger partial charge in [0.25, 0.3) is 0 Å². The van der Waals surface area contributed by atoms with E-state index in [1.807, 2.05) is 53.1 Å². The summed E-state index contributed by atoms with van der Waals surface area (Å²) in [7, 11) is 0. The third-order valence-corrected chi connectivity index (χ3v) is 3.58. The predicted octanol–water partition coefficient (Wildman–Crippen LogP) is 3.07. The molecular weight excluding hydrogens is 385 g/mol. The fraction of sp³-hybridized carbons (Fsp3) is 0.0500. The average Bonchev–Trinajstić information content (AvgIpc) is 3.04. The molecule has 4 rings (SSSR count).